The predicted molar refractivity (Wildman–Crippen MR) is 75.3 cm³/mol. The van der Waals surface area contributed by atoms with Gasteiger partial charge in [0.1, 0.15) is 0 Å². The van der Waals surface area contributed by atoms with Crippen molar-refractivity contribution >= 4 is 31.1 Å². The third-order valence-corrected chi connectivity index (χ3v) is 9.25. The van der Waals surface area contributed by atoms with Crippen LogP contribution in [0.25, 0.3) is 0 Å². The summed E-state index contributed by atoms with van der Waals surface area (Å²) in [5.74, 6) is 0. The SMILES string of the molecule is CCOP(=O)(OCC)C1SC2=C(CCCC2)S1. The van der Waals surface area contributed by atoms with Crippen molar-refractivity contribution in [1.82, 2.24) is 0 Å². The minimum atomic E-state index is -2.96. The van der Waals surface area contributed by atoms with Crippen LogP contribution < -0.4 is 0 Å². The van der Waals surface area contributed by atoms with Gasteiger partial charge in [-0.15, -0.1) is 23.5 Å². The lowest BCUT2D eigenvalue weighted by atomic mass is 10.1. The molecule has 98 valence electrons. The second-order valence-electron chi connectivity index (χ2n) is 3.97. The summed E-state index contributed by atoms with van der Waals surface area (Å²) >= 11 is 3.42. The maximum atomic E-state index is 12.6. The van der Waals surface area contributed by atoms with Crippen molar-refractivity contribution < 1.29 is 13.6 Å². The standard InChI is InChI=1S/C11H19O3PS2/c1-3-13-15(12,14-4-2)11-16-9-7-5-6-8-10(9)17-11/h11H,3-8H2,1-2H3. The minimum Gasteiger partial charge on any atom is -0.307 e. The monoisotopic (exact) mass is 294 g/mol. The Morgan fingerprint density at radius 1 is 1.12 bits per heavy atom. The molecular formula is C11H19O3PS2. The Morgan fingerprint density at radius 3 is 2.00 bits per heavy atom. The Balaban J connectivity index is 2.06. The van der Waals surface area contributed by atoms with E-state index in [4.69, 9.17) is 9.05 Å². The maximum absolute atomic E-state index is 12.6. The normalized spacial score (nSPS) is 22.0. The van der Waals surface area contributed by atoms with Gasteiger partial charge in [0, 0.05) is 0 Å². The van der Waals surface area contributed by atoms with Crippen molar-refractivity contribution in [1.29, 1.82) is 0 Å². The Bertz CT molecular complexity index is 329. The molecule has 2 aliphatic rings. The first-order valence-corrected chi connectivity index (χ1v) is 9.51. The van der Waals surface area contributed by atoms with E-state index in [1.807, 2.05) is 13.8 Å². The number of thioether (sulfide) groups is 2. The lowest BCUT2D eigenvalue weighted by Crippen LogP contribution is -2.04. The molecule has 0 aromatic heterocycles. The van der Waals surface area contributed by atoms with Crippen molar-refractivity contribution in [2.45, 2.75) is 43.9 Å². The molecule has 1 heterocycles. The van der Waals surface area contributed by atoms with E-state index in [1.54, 1.807) is 23.5 Å². The zero-order chi connectivity index (χ0) is 12.3. The lowest BCUT2D eigenvalue weighted by Gasteiger charge is -2.21. The van der Waals surface area contributed by atoms with Gasteiger partial charge in [0.05, 0.1) is 13.2 Å². The average molecular weight is 294 g/mol. The van der Waals surface area contributed by atoms with Crippen LogP contribution in [-0.2, 0) is 13.6 Å². The first kappa shape index (κ1) is 14.0. The molecule has 0 radical (unpaired) electrons. The molecule has 0 bridgehead atoms. The van der Waals surface area contributed by atoms with E-state index in [1.165, 1.54) is 22.7 Å². The van der Waals surface area contributed by atoms with Crippen molar-refractivity contribution in [3.8, 4) is 0 Å². The third-order valence-electron chi connectivity index (χ3n) is 2.73. The number of hydrogen-bond acceptors (Lipinski definition) is 5. The Morgan fingerprint density at radius 2 is 1.59 bits per heavy atom. The van der Waals surface area contributed by atoms with E-state index in [9.17, 15) is 4.57 Å². The van der Waals surface area contributed by atoms with Gasteiger partial charge >= 0.3 is 7.60 Å². The molecule has 0 aromatic carbocycles. The first-order chi connectivity index (χ1) is 8.19. The van der Waals surface area contributed by atoms with Crippen LogP contribution >= 0.6 is 31.1 Å². The van der Waals surface area contributed by atoms with E-state index in [2.05, 4.69) is 0 Å². The number of rotatable bonds is 5. The molecule has 3 nitrogen and oxygen atoms in total. The maximum Gasteiger partial charge on any atom is 0.354 e. The summed E-state index contributed by atoms with van der Waals surface area (Å²) in [5, 5.41) is 0. The van der Waals surface area contributed by atoms with Crippen LogP contribution in [0.4, 0.5) is 0 Å². The Labute approximate surface area is 112 Å². The van der Waals surface area contributed by atoms with Crippen LogP contribution in [0.2, 0.25) is 0 Å². The third kappa shape index (κ3) is 3.13. The van der Waals surface area contributed by atoms with Crippen LogP contribution in [0.5, 0.6) is 0 Å². The topological polar surface area (TPSA) is 35.5 Å². The summed E-state index contributed by atoms with van der Waals surface area (Å²) in [4.78, 5) is 2.84. The molecule has 2 rings (SSSR count). The first-order valence-electron chi connectivity index (χ1n) is 6.13. The molecule has 1 aliphatic heterocycles. The zero-order valence-corrected chi connectivity index (χ0v) is 12.8. The molecule has 0 saturated heterocycles. The summed E-state index contributed by atoms with van der Waals surface area (Å²) in [7, 11) is -2.96. The van der Waals surface area contributed by atoms with Crippen molar-refractivity contribution in [2.75, 3.05) is 13.2 Å². The smallest absolute Gasteiger partial charge is 0.307 e. The fraction of sp³-hybridized carbons (Fsp3) is 0.818. The largest absolute Gasteiger partial charge is 0.354 e. The van der Waals surface area contributed by atoms with Crippen LogP contribution in [0.1, 0.15) is 39.5 Å². The van der Waals surface area contributed by atoms with Crippen molar-refractivity contribution in [2.24, 2.45) is 0 Å². The van der Waals surface area contributed by atoms with E-state index >= 15 is 0 Å². The summed E-state index contributed by atoms with van der Waals surface area (Å²) < 4.78 is 23.4. The van der Waals surface area contributed by atoms with E-state index in [-0.39, 0.29) is 4.32 Å². The van der Waals surface area contributed by atoms with Gasteiger partial charge in [-0.1, -0.05) is 0 Å². The molecule has 0 aromatic rings. The average Bonchev–Trinajstić information content (AvgIpc) is 2.74. The quantitative estimate of drug-likeness (QED) is 0.680. The molecule has 0 saturated carbocycles. The molecule has 0 amide bonds. The molecule has 0 atom stereocenters. The molecule has 6 heteroatoms. The van der Waals surface area contributed by atoms with Gasteiger partial charge in [-0.2, -0.15) is 0 Å². The van der Waals surface area contributed by atoms with Gasteiger partial charge in [-0.3, -0.25) is 4.57 Å². The molecule has 0 fully saturated rings. The van der Waals surface area contributed by atoms with Crippen molar-refractivity contribution in [3.63, 3.8) is 0 Å². The Kier molecular flexibility index (Phi) is 5.07. The van der Waals surface area contributed by atoms with Gasteiger partial charge in [0.2, 0.25) is 0 Å². The fourth-order valence-corrected chi connectivity index (χ4v) is 8.24. The van der Waals surface area contributed by atoms with Gasteiger partial charge < -0.3 is 9.05 Å². The van der Waals surface area contributed by atoms with Gasteiger partial charge in [0.25, 0.3) is 0 Å². The minimum absolute atomic E-state index is 0.0782. The highest BCUT2D eigenvalue weighted by atomic mass is 32.2. The second-order valence-corrected chi connectivity index (χ2v) is 9.48. The lowest BCUT2D eigenvalue weighted by molar-refractivity contribution is 0.223. The van der Waals surface area contributed by atoms with Crippen LogP contribution in [0, 0.1) is 0 Å². The van der Waals surface area contributed by atoms with Crippen LogP contribution in [0.3, 0.4) is 0 Å². The van der Waals surface area contributed by atoms with Crippen molar-refractivity contribution in [3.05, 3.63) is 9.81 Å². The summed E-state index contributed by atoms with van der Waals surface area (Å²) in [6, 6.07) is 0. The molecule has 0 unspecified atom stereocenters. The predicted octanol–water partition coefficient (Wildman–Crippen LogP) is 4.80. The highest BCUT2D eigenvalue weighted by Crippen LogP contribution is 2.68. The fourth-order valence-electron chi connectivity index (χ4n) is 2.01. The summed E-state index contributed by atoms with van der Waals surface area (Å²) in [6.45, 7) is 4.62. The summed E-state index contributed by atoms with van der Waals surface area (Å²) in [6.07, 6.45) is 4.79. The molecule has 0 N–H and O–H groups in total. The van der Waals surface area contributed by atoms with Gasteiger partial charge in [-0.25, -0.2) is 0 Å². The van der Waals surface area contributed by atoms with Gasteiger partial charge in [0.15, 0.2) is 4.32 Å². The zero-order valence-electron chi connectivity index (χ0n) is 10.3. The molecular weight excluding hydrogens is 275 g/mol. The number of hydrogen-bond donors (Lipinski definition) is 0. The second kappa shape index (κ2) is 6.16. The molecule has 0 spiro atoms. The van der Waals surface area contributed by atoms with Gasteiger partial charge in [-0.05, 0) is 49.3 Å². The highest BCUT2D eigenvalue weighted by molar-refractivity contribution is 8.29. The van der Waals surface area contributed by atoms with Crippen LogP contribution in [0.15, 0.2) is 9.81 Å². The summed E-state index contributed by atoms with van der Waals surface area (Å²) in [5.41, 5.74) is 0. The van der Waals surface area contributed by atoms with E-state index in [0.717, 1.165) is 12.8 Å². The highest BCUT2D eigenvalue weighted by Gasteiger charge is 2.42. The van der Waals surface area contributed by atoms with E-state index < -0.39 is 7.60 Å². The molecule has 17 heavy (non-hydrogen) atoms. The number of allylic oxidation sites excluding steroid dienone is 2. The van der Waals surface area contributed by atoms with Crippen LogP contribution in [-0.4, -0.2) is 17.5 Å². The Hall–Kier alpha value is 0.590. The van der Waals surface area contributed by atoms with E-state index in [0.29, 0.717) is 13.2 Å². The molecule has 1 aliphatic carbocycles.